The fourth-order valence-corrected chi connectivity index (χ4v) is 1.25. The Bertz CT molecular complexity index is 291. The van der Waals surface area contributed by atoms with E-state index >= 15 is 0 Å². The van der Waals surface area contributed by atoms with Crippen molar-refractivity contribution < 1.29 is 0 Å². The van der Waals surface area contributed by atoms with Crippen molar-refractivity contribution in [3.8, 4) is 6.07 Å². The fraction of sp³-hybridized carbons (Fsp3) is 0.500. The van der Waals surface area contributed by atoms with Crippen LogP contribution in [0.1, 0.15) is 30.9 Å². The zero-order valence-electron chi connectivity index (χ0n) is 6.20. The van der Waals surface area contributed by atoms with Crippen molar-refractivity contribution in [1.82, 2.24) is 9.78 Å². The van der Waals surface area contributed by atoms with Gasteiger partial charge in [-0.1, -0.05) is 0 Å². The monoisotopic (exact) mass is 147 g/mol. The second-order valence-electron chi connectivity index (χ2n) is 2.91. The molecule has 0 saturated heterocycles. The van der Waals surface area contributed by atoms with Crippen molar-refractivity contribution in [2.45, 2.75) is 25.3 Å². The van der Waals surface area contributed by atoms with Crippen molar-refractivity contribution in [2.75, 3.05) is 0 Å². The van der Waals surface area contributed by atoms with E-state index in [-0.39, 0.29) is 0 Å². The molecule has 3 nitrogen and oxygen atoms in total. The van der Waals surface area contributed by atoms with Gasteiger partial charge in [0.1, 0.15) is 6.07 Å². The summed E-state index contributed by atoms with van der Waals surface area (Å²) in [6.45, 7) is 0. The quantitative estimate of drug-likeness (QED) is 0.603. The van der Waals surface area contributed by atoms with E-state index in [1.54, 1.807) is 6.20 Å². The van der Waals surface area contributed by atoms with Crippen LogP contribution in [-0.2, 0) is 0 Å². The zero-order valence-corrected chi connectivity index (χ0v) is 6.20. The van der Waals surface area contributed by atoms with Gasteiger partial charge in [-0.05, 0) is 19.3 Å². The van der Waals surface area contributed by atoms with Crippen LogP contribution < -0.4 is 0 Å². The highest BCUT2D eigenvalue weighted by atomic mass is 15.3. The van der Waals surface area contributed by atoms with Crippen molar-refractivity contribution in [1.29, 1.82) is 5.26 Å². The molecule has 1 aliphatic rings. The minimum absolute atomic E-state index is 0.567. The molecule has 1 aliphatic carbocycles. The van der Waals surface area contributed by atoms with Gasteiger partial charge in [-0.3, -0.25) is 4.68 Å². The summed E-state index contributed by atoms with van der Waals surface area (Å²) in [7, 11) is 0. The van der Waals surface area contributed by atoms with Gasteiger partial charge in [-0.15, -0.1) is 0 Å². The summed E-state index contributed by atoms with van der Waals surface area (Å²) < 4.78 is 1.90. The van der Waals surface area contributed by atoms with E-state index in [0.717, 1.165) is 0 Å². The Balaban J connectivity index is 2.19. The predicted molar refractivity (Wildman–Crippen MR) is 39.8 cm³/mol. The summed E-state index contributed by atoms with van der Waals surface area (Å²) in [6, 6.07) is 2.63. The molecular weight excluding hydrogens is 138 g/mol. The highest BCUT2D eigenvalue weighted by molar-refractivity contribution is 5.21. The summed E-state index contributed by atoms with van der Waals surface area (Å²) in [5.41, 5.74) is 0.664. The molecule has 0 aromatic carbocycles. The minimum atomic E-state index is 0.567. The molecule has 11 heavy (non-hydrogen) atoms. The maximum Gasteiger partial charge on any atom is 0.102 e. The highest BCUT2D eigenvalue weighted by Gasteiger charge is 2.19. The van der Waals surface area contributed by atoms with Crippen LogP contribution >= 0.6 is 0 Å². The average molecular weight is 147 g/mol. The molecule has 0 aliphatic heterocycles. The third-order valence-corrected chi connectivity index (χ3v) is 2.18. The first-order valence-corrected chi connectivity index (χ1v) is 3.84. The van der Waals surface area contributed by atoms with E-state index in [1.165, 1.54) is 19.3 Å². The van der Waals surface area contributed by atoms with Gasteiger partial charge in [-0.2, -0.15) is 10.4 Å². The maximum atomic E-state index is 8.52. The van der Waals surface area contributed by atoms with E-state index in [9.17, 15) is 0 Å². The van der Waals surface area contributed by atoms with Gasteiger partial charge in [0.2, 0.25) is 0 Å². The molecule has 56 valence electrons. The SMILES string of the molecule is N#Cc1cnn(C2CCC2)c1. The number of aromatic nitrogens is 2. The number of hydrogen-bond acceptors (Lipinski definition) is 2. The lowest BCUT2D eigenvalue weighted by molar-refractivity contribution is 0.289. The van der Waals surface area contributed by atoms with E-state index in [4.69, 9.17) is 5.26 Å². The molecule has 0 amide bonds. The van der Waals surface area contributed by atoms with E-state index in [1.807, 2.05) is 10.9 Å². The number of rotatable bonds is 1. The van der Waals surface area contributed by atoms with Crippen molar-refractivity contribution in [3.05, 3.63) is 18.0 Å². The van der Waals surface area contributed by atoms with E-state index in [2.05, 4.69) is 11.2 Å². The fourth-order valence-electron chi connectivity index (χ4n) is 1.25. The molecule has 1 heterocycles. The Morgan fingerprint density at radius 3 is 2.91 bits per heavy atom. The molecule has 0 spiro atoms. The van der Waals surface area contributed by atoms with Crippen LogP contribution in [0.2, 0.25) is 0 Å². The molecule has 1 aromatic rings. The first-order valence-electron chi connectivity index (χ1n) is 3.84. The lowest BCUT2D eigenvalue weighted by atomic mass is 9.93. The van der Waals surface area contributed by atoms with E-state index in [0.29, 0.717) is 11.6 Å². The third kappa shape index (κ3) is 1.01. The molecule has 0 radical (unpaired) electrons. The van der Waals surface area contributed by atoms with Crippen LogP contribution in [0.25, 0.3) is 0 Å². The average Bonchev–Trinajstić information content (AvgIpc) is 2.32. The second kappa shape index (κ2) is 2.39. The van der Waals surface area contributed by atoms with Gasteiger partial charge < -0.3 is 0 Å². The van der Waals surface area contributed by atoms with Crippen LogP contribution in [0, 0.1) is 11.3 Å². The smallest absolute Gasteiger partial charge is 0.102 e. The van der Waals surface area contributed by atoms with Crippen molar-refractivity contribution in [3.63, 3.8) is 0 Å². The van der Waals surface area contributed by atoms with Crippen LogP contribution in [0.15, 0.2) is 12.4 Å². The predicted octanol–water partition coefficient (Wildman–Crippen LogP) is 1.48. The molecule has 2 rings (SSSR count). The van der Waals surface area contributed by atoms with Crippen LogP contribution in [0.4, 0.5) is 0 Å². The summed E-state index contributed by atoms with van der Waals surface area (Å²) in [6.07, 6.45) is 7.17. The standard InChI is InChI=1S/C8H9N3/c9-4-7-5-10-11(6-7)8-2-1-3-8/h5-6,8H,1-3H2. The number of nitriles is 1. The molecule has 0 unspecified atom stereocenters. The van der Waals surface area contributed by atoms with Gasteiger partial charge in [0.15, 0.2) is 0 Å². The molecular formula is C8H9N3. The Kier molecular flexibility index (Phi) is 1.39. The molecule has 1 fully saturated rings. The Hall–Kier alpha value is -1.30. The van der Waals surface area contributed by atoms with Crippen LogP contribution in [-0.4, -0.2) is 9.78 Å². The topological polar surface area (TPSA) is 41.6 Å². The normalized spacial score (nSPS) is 17.4. The summed E-state index contributed by atoms with van der Waals surface area (Å²) in [5.74, 6) is 0. The molecule has 0 N–H and O–H groups in total. The second-order valence-corrected chi connectivity index (χ2v) is 2.91. The van der Waals surface area contributed by atoms with Gasteiger partial charge in [0.25, 0.3) is 0 Å². The highest BCUT2D eigenvalue weighted by Crippen LogP contribution is 2.30. The molecule has 1 aromatic heterocycles. The first kappa shape index (κ1) is 6.41. The molecule has 0 bridgehead atoms. The van der Waals surface area contributed by atoms with Gasteiger partial charge in [-0.25, -0.2) is 0 Å². The Labute approximate surface area is 65.3 Å². The minimum Gasteiger partial charge on any atom is -0.268 e. The van der Waals surface area contributed by atoms with Gasteiger partial charge in [0, 0.05) is 6.20 Å². The maximum absolute atomic E-state index is 8.52. The van der Waals surface area contributed by atoms with Crippen LogP contribution in [0.3, 0.4) is 0 Å². The van der Waals surface area contributed by atoms with Crippen molar-refractivity contribution in [2.24, 2.45) is 0 Å². The van der Waals surface area contributed by atoms with Gasteiger partial charge >= 0.3 is 0 Å². The van der Waals surface area contributed by atoms with Crippen LogP contribution in [0.5, 0.6) is 0 Å². The zero-order chi connectivity index (χ0) is 7.68. The lowest BCUT2D eigenvalue weighted by Crippen LogP contribution is -2.16. The molecule has 3 heteroatoms. The summed E-state index contributed by atoms with van der Waals surface area (Å²) >= 11 is 0. The summed E-state index contributed by atoms with van der Waals surface area (Å²) in [5, 5.41) is 12.6. The Morgan fingerprint density at radius 1 is 1.64 bits per heavy atom. The largest absolute Gasteiger partial charge is 0.268 e. The lowest BCUT2D eigenvalue weighted by Gasteiger charge is -2.25. The first-order chi connectivity index (χ1) is 5.40. The molecule has 0 atom stereocenters. The van der Waals surface area contributed by atoms with Crippen molar-refractivity contribution >= 4 is 0 Å². The summed E-state index contributed by atoms with van der Waals surface area (Å²) in [4.78, 5) is 0. The Morgan fingerprint density at radius 2 is 2.45 bits per heavy atom. The number of hydrogen-bond donors (Lipinski definition) is 0. The third-order valence-electron chi connectivity index (χ3n) is 2.18. The molecule has 1 saturated carbocycles. The van der Waals surface area contributed by atoms with E-state index < -0.39 is 0 Å². The number of nitrogens with zero attached hydrogens (tertiary/aromatic N) is 3. The van der Waals surface area contributed by atoms with Gasteiger partial charge in [0.05, 0.1) is 17.8 Å².